The van der Waals surface area contributed by atoms with Crippen molar-refractivity contribution in [2.45, 2.75) is 13.0 Å². The lowest BCUT2D eigenvalue weighted by Gasteiger charge is -2.14. The number of nitrogens with zero attached hydrogens (tertiary/aromatic N) is 2. The maximum atomic E-state index is 13.1. The predicted octanol–water partition coefficient (Wildman–Crippen LogP) is 3.25. The van der Waals surface area contributed by atoms with E-state index in [1.165, 1.54) is 22.8 Å². The van der Waals surface area contributed by atoms with Gasteiger partial charge in [0.1, 0.15) is 0 Å². The fraction of sp³-hybridized carbons (Fsp3) is 0.158. The molecular weight excluding hydrogens is 370 g/mol. The molecule has 0 saturated heterocycles. The van der Waals surface area contributed by atoms with E-state index in [2.05, 4.69) is 4.84 Å². The molecule has 0 spiro atoms. The molecule has 1 aliphatic rings. The summed E-state index contributed by atoms with van der Waals surface area (Å²) in [6, 6.07) is 11.2. The number of halogens is 1. The minimum Gasteiger partial charge on any atom is -0.307 e. The minimum atomic E-state index is -0.551. The van der Waals surface area contributed by atoms with E-state index in [9.17, 15) is 19.7 Å². The fourth-order valence-electron chi connectivity index (χ4n) is 3.60. The summed E-state index contributed by atoms with van der Waals surface area (Å²) in [5.74, 6) is -0.177. The van der Waals surface area contributed by atoms with Crippen LogP contribution in [0.2, 0.25) is 0 Å². The normalized spacial score (nSPS) is 12.3. The van der Waals surface area contributed by atoms with Crippen LogP contribution in [-0.2, 0) is 6.54 Å². The van der Waals surface area contributed by atoms with Gasteiger partial charge in [-0.05, 0) is 24.3 Å². The lowest BCUT2D eigenvalue weighted by molar-refractivity contribution is -0.384. The van der Waals surface area contributed by atoms with Crippen LogP contribution in [0.1, 0.15) is 22.3 Å². The van der Waals surface area contributed by atoms with Gasteiger partial charge in [0.2, 0.25) is 0 Å². The van der Waals surface area contributed by atoms with Gasteiger partial charge in [-0.2, -0.15) is 0 Å². The topological polar surface area (TPSA) is 94.2 Å². The number of nitro benzene ring substituents is 1. The maximum Gasteiger partial charge on any atom is 0.270 e. The summed E-state index contributed by atoms with van der Waals surface area (Å²) in [7, 11) is 0. The second kappa shape index (κ2) is 6.61. The number of hydrogen-bond acceptors (Lipinski definition) is 5. The Bertz CT molecular complexity index is 1170. The number of non-ortho nitro benzene ring substituents is 1. The summed E-state index contributed by atoms with van der Waals surface area (Å²) >= 11 is 5.51. The van der Waals surface area contributed by atoms with Gasteiger partial charge in [-0.25, -0.2) is 4.84 Å². The van der Waals surface area contributed by atoms with Crippen molar-refractivity contribution in [3.63, 3.8) is 0 Å². The van der Waals surface area contributed by atoms with Crippen molar-refractivity contribution in [3.05, 3.63) is 74.1 Å². The molecule has 1 aromatic heterocycles. The smallest absolute Gasteiger partial charge is 0.270 e. The molecule has 8 heteroatoms. The molecule has 0 unspecified atom stereocenters. The highest BCUT2D eigenvalue weighted by Gasteiger charge is 2.32. The first kappa shape index (κ1) is 17.4. The molecule has 27 heavy (non-hydrogen) atoms. The van der Waals surface area contributed by atoms with Crippen LogP contribution in [0.15, 0.2) is 47.3 Å². The van der Waals surface area contributed by atoms with Crippen molar-refractivity contribution in [2.75, 3.05) is 6.54 Å². The average Bonchev–Trinajstić information content (AvgIpc) is 2.97. The number of aromatic nitrogens is 1. The highest BCUT2D eigenvalue weighted by atomic mass is 35.5. The Hall–Kier alpha value is -3.03. The van der Waals surface area contributed by atoms with E-state index in [4.69, 9.17) is 11.8 Å². The zero-order chi connectivity index (χ0) is 19.1. The molecule has 2 aromatic carbocycles. The number of pyridine rings is 1. The molecule has 0 fully saturated rings. The van der Waals surface area contributed by atoms with Gasteiger partial charge >= 0.3 is 0 Å². The Kier molecular flexibility index (Phi) is 4.25. The van der Waals surface area contributed by atoms with Crippen LogP contribution in [-0.4, -0.2) is 21.8 Å². The molecular formula is C19H14ClN3O4. The van der Waals surface area contributed by atoms with Gasteiger partial charge in [0.05, 0.1) is 21.6 Å². The summed E-state index contributed by atoms with van der Waals surface area (Å²) in [5.41, 5.74) is 1.68. The SMILES string of the molecule is O=C1c2ccccc2-c2c1c1ccc([N+](=O)[O-])cc1c(=O)n2CCCNCl. The van der Waals surface area contributed by atoms with Gasteiger partial charge < -0.3 is 4.57 Å². The van der Waals surface area contributed by atoms with Crippen LogP contribution in [0.5, 0.6) is 0 Å². The largest absolute Gasteiger partial charge is 0.307 e. The molecule has 4 rings (SSSR count). The molecule has 0 saturated carbocycles. The number of carbonyl (C=O) groups is 1. The van der Waals surface area contributed by atoms with E-state index >= 15 is 0 Å². The van der Waals surface area contributed by atoms with Crippen molar-refractivity contribution in [2.24, 2.45) is 0 Å². The lowest BCUT2D eigenvalue weighted by Crippen LogP contribution is -2.24. The van der Waals surface area contributed by atoms with Crippen LogP contribution in [0.3, 0.4) is 0 Å². The Morgan fingerprint density at radius 2 is 1.81 bits per heavy atom. The molecule has 0 atom stereocenters. The maximum absolute atomic E-state index is 13.1. The summed E-state index contributed by atoms with van der Waals surface area (Å²) in [6.07, 6.45) is 0.562. The third-order valence-electron chi connectivity index (χ3n) is 4.77. The van der Waals surface area contributed by atoms with Crippen molar-refractivity contribution >= 4 is 34.0 Å². The highest BCUT2D eigenvalue weighted by Crippen LogP contribution is 2.39. The number of nitro groups is 1. The first-order valence-corrected chi connectivity index (χ1v) is 8.75. The van der Waals surface area contributed by atoms with Crippen LogP contribution < -0.4 is 10.4 Å². The number of rotatable bonds is 5. The minimum absolute atomic E-state index is 0.169. The molecule has 136 valence electrons. The van der Waals surface area contributed by atoms with E-state index in [-0.39, 0.29) is 22.4 Å². The molecule has 0 bridgehead atoms. The van der Waals surface area contributed by atoms with Gasteiger partial charge in [0.25, 0.3) is 11.2 Å². The van der Waals surface area contributed by atoms with Crippen molar-refractivity contribution in [1.29, 1.82) is 0 Å². The number of ketones is 1. The Balaban J connectivity index is 2.08. The van der Waals surface area contributed by atoms with Gasteiger partial charge in [0, 0.05) is 41.7 Å². The molecule has 0 aliphatic heterocycles. The van der Waals surface area contributed by atoms with Crippen LogP contribution >= 0.6 is 11.8 Å². The Morgan fingerprint density at radius 3 is 2.52 bits per heavy atom. The third kappa shape index (κ3) is 2.63. The van der Waals surface area contributed by atoms with Crippen LogP contribution in [0, 0.1) is 10.1 Å². The summed E-state index contributed by atoms with van der Waals surface area (Å²) < 4.78 is 1.53. The van der Waals surface area contributed by atoms with Gasteiger partial charge in [0.15, 0.2) is 5.78 Å². The van der Waals surface area contributed by atoms with E-state index in [1.54, 1.807) is 12.1 Å². The standard InChI is InChI=1S/C19H14ClN3O4/c20-21-8-3-9-22-17-13-4-1-2-5-14(13)18(24)16(17)12-7-6-11(23(26)27)10-15(12)19(22)25/h1-2,4-7,10,21H,3,8-9H2. The molecule has 3 aromatic rings. The Morgan fingerprint density at radius 1 is 1.07 bits per heavy atom. The fourth-order valence-corrected chi connectivity index (χ4v) is 3.73. The van der Waals surface area contributed by atoms with Gasteiger partial charge in [-0.3, -0.25) is 19.7 Å². The predicted molar refractivity (Wildman–Crippen MR) is 102 cm³/mol. The third-order valence-corrected chi connectivity index (χ3v) is 4.96. The van der Waals surface area contributed by atoms with Crippen molar-refractivity contribution in [3.8, 4) is 11.3 Å². The summed E-state index contributed by atoms with van der Waals surface area (Å²) in [6.45, 7) is 0.812. The number of hydrogen-bond donors (Lipinski definition) is 1. The number of benzene rings is 2. The molecule has 1 heterocycles. The average molecular weight is 384 g/mol. The second-order valence-corrected chi connectivity index (χ2v) is 6.55. The van der Waals surface area contributed by atoms with E-state index in [1.807, 2.05) is 12.1 Å². The summed E-state index contributed by atoms with van der Waals surface area (Å²) in [4.78, 5) is 39.3. The highest BCUT2D eigenvalue weighted by molar-refractivity contribution is 6.26. The van der Waals surface area contributed by atoms with Gasteiger partial charge in [-0.15, -0.1) is 0 Å². The first-order chi connectivity index (χ1) is 13.0. The van der Waals surface area contributed by atoms with Crippen LogP contribution in [0.25, 0.3) is 22.0 Å². The molecule has 1 aliphatic carbocycles. The van der Waals surface area contributed by atoms with Gasteiger partial charge in [-0.1, -0.05) is 24.3 Å². The zero-order valence-electron chi connectivity index (χ0n) is 14.1. The molecule has 1 N–H and O–H groups in total. The van der Waals surface area contributed by atoms with E-state index in [0.717, 1.165) is 0 Å². The number of carbonyl (C=O) groups excluding carboxylic acids is 1. The lowest BCUT2D eigenvalue weighted by atomic mass is 10.0. The Labute approximate surface area is 158 Å². The zero-order valence-corrected chi connectivity index (χ0v) is 14.8. The summed E-state index contributed by atoms with van der Waals surface area (Å²) in [5, 5.41) is 11.7. The quantitative estimate of drug-likeness (QED) is 0.247. The molecule has 0 radical (unpaired) electrons. The van der Waals surface area contributed by atoms with E-state index < -0.39 is 4.92 Å². The van der Waals surface area contributed by atoms with Crippen molar-refractivity contribution in [1.82, 2.24) is 9.40 Å². The second-order valence-electron chi connectivity index (χ2n) is 6.28. The molecule has 7 nitrogen and oxygen atoms in total. The van der Waals surface area contributed by atoms with E-state index in [0.29, 0.717) is 47.3 Å². The number of nitrogens with one attached hydrogen (secondary N) is 1. The van der Waals surface area contributed by atoms with Crippen LogP contribution in [0.4, 0.5) is 5.69 Å². The molecule has 0 amide bonds. The van der Waals surface area contributed by atoms with Crippen molar-refractivity contribution < 1.29 is 9.72 Å². The number of fused-ring (bicyclic) bond motifs is 5. The first-order valence-electron chi connectivity index (χ1n) is 8.37. The monoisotopic (exact) mass is 383 g/mol.